The second-order valence-corrected chi connectivity index (χ2v) is 3.57. The number of ether oxygens (including phenoxy) is 2. The van der Waals surface area contributed by atoms with E-state index in [1.54, 1.807) is 7.11 Å². The van der Waals surface area contributed by atoms with Crippen molar-refractivity contribution in [3.8, 4) is 5.75 Å². The molecule has 4 heteroatoms. The van der Waals surface area contributed by atoms with E-state index in [-0.39, 0.29) is 25.2 Å². The Bertz CT molecular complexity index is 294. The number of hydrogen-bond donors (Lipinski definition) is 1. The van der Waals surface area contributed by atoms with Gasteiger partial charge >= 0.3 is 0 Å². The monoisotopic (exact) mass is 245 g/mol. The van der Waals surface area contributed by atoms with E-state index in [9.17, 15) is 0 Å². The third-order valence-electron chi connectivity index (χ3n) is 2.26. The predicted molar refractivity (Wildman–Crippen MR) is 68.2 cm³/mol. The minimum Gasteiger partial charge on any atom is -0.468 e. The quantitative estimate of drug-likeness (QED) is 0.783. The van der Waals surface area contributed by atoms with Crippen LogP contribution in [0.5, 0.6) is 5.75 Å². The molecule has 0 saturated carbocycles. The van der Waals surface area contributed by atoms with Crippen LogP contribution in [0.25, 0.3) is 0 Å². The summed E-state index contributed by atoms with van der Waals surface area (Å²) in [5.74, 6) is 0.831. The van der Waals surface area contributed by atoms with E-state index in [1.807, 2.05) is 18.2 Å². The predicted octanol–water partition coefficient (Wildman–Crippen LogP) is 2.37. The van der Waals surface area contributed by atoms with E-state index in [1.165, 1.54) is 5.56 Å². The molecule has 0 aliphatic rings. The molecule has 0 amide bonds. The summed E-state index contributed by atoms with van der Waals surface area (Å²) in [7, 11) is 1.61. The second-order valence-electron chi connectivity index (χ2n) is 3.57. The lowest BCUT2D eigenvalue weighted by Gasteiger charge is -2.10. The largest absolute Gasteiger partial charge is 0.468 e. The average Bonchev–Trinajstić information content (AvgIpc) is 2.26. The Kier molecular flexibility index (Phi) is 7.99. The Hall–Kier alpha value is -0.770. The molecule has 0 saturated heterocycles. The maximum absolute atomic E-state index is 5.89. The molecule has 92 valence electrons. The molecule has 1 aromatic carbocycles. The van der Waals surface area contributed by atoms with Crippen molar-refractivity contribution in [2.45, 2.75) is 25.8 Å². The maximum atomic E-state index is 5.89. The summed E-state index contributed by atoms with van der Waals surface area (Å²) in [6.07, 6.45) is 1.88. The molecule has 2 N–H and O–H groups in total. The molecule has 0 fully saturated rings. The van der Waals surface area contributed by atoms with Crippen LogP contribution in [-0.2, 0) is 11.2 Å². The summed E-state index contributed by atoms with van der Waals surface area (Å²) in [6, 6.07) is 8.19. The molecule has 3 nitrogen and oxygen atoms in total. The van der Waals surface area contributed by atoms with Gasteiger partial charge in [0.1, 0.15) is 5.75 Å². The zero-order valence-electron chi connectivity index (χ0n) is 9.81. The first-order chi connectivity index (χ1) is 7.26. The van der Waals surface area contributed by atoms with Crippen LogP contribution in [0, 0.1) is 0 Å². The van der Waals surface area contributed by atoms with Crippen LogP contribution < -0.4 is 10.5 Å². The van der Waals surface area contributed by atoms with Gasteiger partial charge in [-0.05, 0) is 30.5 Å². The molecule has 1 atom stereocenters. The molecule has 0 aliphatic heterocycles. The molecule has 0 bridgehead atoms. The molecular formula is C12H20ClNO2. The summed E-state index contributed by atoms with van der Waals surface area (Å²) in [6.45, 7) is 2.37. The van der Waals surface area contributed by atoms with Crippen molar-refractivity contribution in [1.82, 2.24) is 0 Å². The zero-order valence-corrected chi connectivity index (χ0v) is 10.6. The van der Waals surface area contributed by atoms with Gasteiger partial charge in [-0.2, -0.15) is 0 Å². The third kappa shape index (κ3) is 5.35. The van der Waals surface area contributed by atoms with Crippen molar-refractivity contribution in [3.05, 3.63) is 29.8 Å². The molecular weight excluding hydrogens is 226 g/mol. The number of nitrogens with two attached hydrogens (primary N) is 1. The first-order valence-corrected chi connectivity index (χ1v) is 5.22. The normalized spacial score (nSPS) is 11.7. The highest BCUT2D eigenvalue weighted by Gasteiger charge is 2.02. The Labute approximate surface area is 103 Å². The highest BCUT2D eigenvalue weighted by Crippen LogP contribution is 2.14. The van der Waals surface area contributed by atoms with E-state index in [2.05, 4.69) is 13.0 Å². The van der Waals surface area contributed by atoms with Gasteiger partial charge in [0.15, 0.2) is 6.79 Å². The van der Waals surface area contributed by atoms with Gasteiger partial charge in [0.05, 0.1) is 0 Å². The van der Waals surface area contributed by atoms with Crippen LogP contribution in [0.1, 0.15) is 18.9 Å². The lowest BCUT2D eigenvalue weighted by Crippen LogP contribution is -2.21. The van der Waals surface area contributed by atoms with Gasteiger partial charge in [-0.25, -0.2) is 0 Å². The van der Waals surface area contributed by atoms with Crippen LogP contribution >= 0.6 is 12.4 Å². The first-order valence-electron chi connectivity index (χ1n) is 5.22. The SMILES string of the molecule is CCC(N)Cc1cccc(OCOC)c1.Cl. The molecule has 0 radical (unpaired) electrons. The standard InChI is InChI=1S/C12H19NO2.ClH/c1-3-11(13)7-10-5-4-6-12(8-10)15-9-14-2;/h4-6,8,11H,3,7,9,13H2,1-2H3;1H. The van der Waals surface area contributed by atoms with Crippen LogP contribution in [0.3, 0.4) is 0 Å². The van der Waals surface area contributed by atoms with Gasteiger partial charge < -0.3 is 15.2 Å². The molecule has 0 spiro atoms. The highest BCUT2D eigenvalue weighted by molar-refractivity contribution is 5.85. The summed E-state index contributed by atoms with van der Waals surface area (Å²) in [4.78, 5) is 0. The highest BCUT2D eigenvalue weighted by atomic mass is 35.5. The lowest BCUT2D eigenvalue weighted by atomic mass is 10.0. The van der Waals surface area contributed by atoms with Crippen molar-refractivity contribution in [1.29, 1.82) is 0 Å². The molecule has 1 aromatic rings. The fourth-order valence-corrected chi connectivity index (χ4v) is 1.34. The number of methoxy groups -OCH3 is 1. The number of hydrogen-bond acceptors (Lipinski definition) is 3. The lowest BCUT2D eigenvalue weighted by molar-refractivity contribution is 0.0511. The minimum absolute atomic E-state index is 0. The van der Waals surface area contributed by atoms with Crippen molar-refractivity contribution in [2.24, 2.45) is 5.73 Å². The van der Waals surface area contributed by atoms with E-state index in [0.717, 1.165) is 18.6 Å². The number of halogens is 1. The van der Waals surface area contributed by atoms with Crippen LogP contribution in [0.2, 0.25) is 0 Å². The van der Waals surface area contributed by atoms with E-state index < -0.39 is 0 Å². The summed E-state index contributed by atoms with van der Waals surface area (Å²) in [5.41, 5.74) is 7.10. The average molecular weight is 246 g/mol. The van der Waals surface area contributed by atoms with Crippen molar-refractivity contribution in [3.63, 3.8) is 0 Å². The second kappa shape index (κ2) is 8.39. The van der Waals surface area contributed by atoms with Crippen molar-refractivity contribution in [2.75, 3.05) is 13.9 Å². The van der Waals surface area contributed by atoms with Crippen molar-refractivity contribution >= 4 is 12.4 Å². The van der Waals surface area contributed by atoms with E-state index in [4.69, 9.17) is 15.2 Å². The fourth-order valence-electron chi connectivity index (χ4n) is 1.34. The Morgan fingerprint density at radius 3 is 2.75 bits per heavy atom. The summed E-state index contributed by atoms with van der Waals surface area (Å²) >= 11 is 0. The van der Waals surface area contributed by atoms with Crippen LogP contribution in [-0.4, -0.2) is 19.9 Å². The van der Waals surface area contributed by atoms with Gasteiger partial charge in [0.25, 0.3) is 0 Å². The molecule has 16 heavy (non-hydrogen) atoms. The summed E-state index contributed by atoms with van der Waals surface area (Å²) < 4.78 is 10.2. The zero-order chi connectivity index (χ0) is 11.1. The van der Waals surface area contributed by atoms with Crippen molar-refractivity contribution < 1.29 is 9.47 Å². The summed E-state index contributed by atoms with van der Waals surface area (Å²) in [5, 5.41) is 0. The fraction of sp³-hybridized carbons (Fsp3) is 0.500. The number of rotatable bonds is 6. The Morgan fingerprint density at radius 1 is 1.38 bits per heavy atom. The third-order valence-corrected chi connectivity index (χ3v) is 2.26. The smallest absolute Gasteiger partial charge is 0.188 e. The van der Waals surface area contributed by atoms with E-state index >= 15 is 0 Å². The van der Waals surface area contributed by atoms with Crippen LogP contribution in [0.15, 0.2) is 24.3 Å². The first kappa shape index (κ1) is 15.2. The number of benzene rings is 1. The topological polar surface area (TPSA) is 44.5 Å². The van der Waals surface area contributed by atoms with Crippen LogP contribution in [0.4, 0.5) is 0 Å². The molecule has 1 unspecified atom stereocenters. The Morgan fingerprint density at radius 2 is 2.12 bits per heavy atom. The van der Waals surface area contributed by atoms with Gasteiger partial charge in [-0.1, -0.05) is 19.1 Å². The van der Waals surface area contributed by atoms with Gasteiger partial charge in [-0.3, -0.25) is 0 Å². The van der Waals surface area contributed by atoms with Gasteiger partial charge in [-0.15, -0.1) is 12.4 Å². The molecule has 0 aliphatic carbocycles. The molecule has 0 aromatic heterocycles. The van der Waals surface area contributed by atoms with Gasteiger partial charge in [0.2, 0.25) is 0 Å². The molecule has 1 rings (SSSR count). The van der Waals surface area contributed by atoms with Gasteiger partial charge in [0, 0.05) is 13.2 Å². The molecule has 0 heterocycles. The maximum Gasteiger partial charge on any atom is 0.188 e. The Balaban J connectivity index is 0.00000225. The van der Waals surface area contributed by atoms with E-state index in [0.29, 0.717) is 0 Å². The minimum atomic E-state index is 0.